The van der Waals surface area contributed by atoms with Gasteiger partial charge in [-0.25, -0.2) is 4.58 Å². The number of nitrogens with zero attached hydrogens (tertiary/aromatic N) is 1. The van der Waals surface area contributed by atoms with Crippen LogP contribution in [0.15, 0.2) is 54.6 Å². The summed E-state index contributed by atoms with van der Waals surface area (Å²) in [4.78, 5) is 0. The van der Waals surface area contributed by atoms with E-state index < -0.39 is 0 Å². The highest BCUT2D eigenvalue weighted by Gasteiger charge is 2.44. The summed E-state index contributed by atoms with van der Waals surface area (Å²) < 4.78 is 2.33. The molecule has 19 heavy (non-hydrogen) atoms. The normalized spacial score (nSPS) is 21.6. The third-order valence-electron chi connectivity index (χ3n) is 4.56. The van der Waals surface area contributed by atoms with Crippen LogP contribution in [-0.2, 0) is 11.8 Å². The van der Waals surface area contributed by atoms with Crippen LogP contribution in [-0.4, -0.2) is 17.3 Å². The van der Waals surface area contributed by atoms with Gasteiger partial charge in [0.1, 0.15) is 7.05 Å². The maximum Gasteiger partial charge on any atom is 0.209 e. The summed E-state index contributed by atoms with van der Waals surface area (Å²) in [7, 11) is 2.17. The van der Waals surface area contributed by atoms with Crippen LogP contribution >= 0.6 is 0 Å². The molecule has 0 saturated heterocycles. The number of para-hydroxylation sites is 1. The van der Waals surface area contributed by atoms with Gasteiger partial charge >= 0.3 is 0 Å². The number of hydrogen-bond acceptors (Lipinski definition) is 0. The summed E-state index contributed by atoms with van der Waals surface area (Å²) in [6, 6.07) is 19.5. The monoisotopic (exact) mass is 250 g/mol. The third kappa shape index (κ3) is 1.81. The van der Waals surface area contributed by atoms with Crippen molar-refractivity contribution in [3.63, 3.8) is 0 Å². The van der Waals surface area contributed by atoms with Gasteiger partial charge in [0, 0.05) is 18.6 Å². The Labute approximate surface area is 115 Å². The SMILES string of the molecule is CC1=[N+](C)c2ccccc2C1(C)Cc1ccccc1. The minimum Gasteiger partial charge on any atom is -0.202 e. The molecule has 2 aromatic carbocycles. The van der Waals surface area contributed by atoms with Gasteiger partial charge in [0.15, 0.2) is 5.71 Å². The van der Waals surface area contributed by atoms with Crippen LogP contribution in [0.2, 0.25) is 0 Å². The van der Waals surface area contributed by atoms with Crippen LogP contribution < -0.4 is 0 Å². The van der Waals surface area contributed by atoms with Gasteiger partial charge in [0.25, 0.3) is 0 Å². The van der Waals surface area contributed by atoms with Gasteiger partial charge in [-0.2, -0.15) is 0 Å². The Morgan fingerprint density at radius 3 is 2.32 bits per heavy atom. The van der Waals surface area contributed by atoms with E-state index in [-0.39, 0.29) is 5.41 Å². The lowest BCUT2D eigenvalue weighted by Crippen LogP contribution is -2.32. The summed E-state index contributed by atoms with van der Waals surface area (Å²) in [5.41, 5.74) is 5.72. The van der Waals surface area contributed by atoms with E-state index in [1.165, 1.54) is 22.5 Å². The lowest BCUT2D eigenvalue weighted by atomic mass is 9.75. The topological polar surface area (TPSA) is 3.01 Å². The van der Waals surface area contributed by atoms with E-state index in [1.807, 2.05) is 0 Å². The van der Waals surface area contributed by atoms with E-state index in [1.54, 1.807) is 0 Å². The molecule has 1 atom stereocenters. The molecule has 1 unspecified atom stereocenters. The molecule has 0 aliphatic carbocycles. The molecule has 0 radical (unpaired) electrons. The molecule has 1 nitrogen and oxygen atoms in total. The maximum absolute atomic E-state index is 2.36. The van der Waals surface area contributed by atoms with E-state index in [9.17, 15) is 0 Å². The molecular formula is C18H20N+. The molecule has 2 aromatic rings. The summed E-state index contributed by atoms with van der Waals surface area (Å²) >= 11 is 0. The van der Waals surface area contributed by atoms with Crippen LogP contribution in [0.3, 0.4) is 0 Å². The Bertz CT molecular complexity index is 640. The van der Waals surface area contributed by atoms with Gasteiger partial charge in [-0.05, 0) is 18.9 Å². The first-order valence-electron chi connectivity index (χ1n) is 6.84. The molecule has 1 heterocycles. The number of fused-ring (bicyclic) bond motifs is 1. The van der Waals surface area contributed by atoms with Crippen molar-refractivity contribution in [1.29, 1.82) is 0 Å². The van der Waals surface area contributed by atoms with E-state index in [2.05, 4.69) is 80.1 Å². The van der Waals surface area contributed by atoms with Gasteiger partial charge in [-0.15, -0.1) is 0 Å². The minimum absolute atomic E-state index is 0.104. The fourth-order valence-electron chi connectivity index (χ4n) is 3.21. The lowest BCUT2D eigenvalue weighted by molar-refractivity contribution is -0.403. The summed E-state index contributed by atoms with van der Waals surface area (Å²) in [6.45, 7) is 4.61. The van der Waals surface area contributed by atoms with Crippen LogP contribution in [0.5, 0.6) is 0 Å². The summed E-state index contributed by atoms with van der Waals surface area (Å²) in [5.74, 6) is 0. The van der Waals surface area contributed by atoms with Gasteiger partial charge in [0.2, 0.25) is 5.69 Å². The first-order valence-corrected chi connectivity index (χ1v) is 6.84. The molecule has 0 fully saturated rings. The molecule has 1 heteroatoms. The van der Waals surface area contributed by atoms with Crippen molar-refractivity contribution < 1.29 is 4.58 Å². The van der Waals surface area contributed by atoms with E-state index in [0.29, 0.717) is 0 Å². The molecule has 0 aromatic heterocycles. The van der Waals surface area contributed by atoms with Gasteiger partial charge in [-0.3, -0.25) is 0 Å². The maximum atomic E-state index is 2.36. The molecular weight excluding hydrogens is 230 g/mol. The first kappa shape index (κ1) is 12.2. The Morgan fingerprint density at radius 2 is 1.58 bits per heavy atom. The highest BCUT2D eigenvalue weighted by Crippen LogP contribution is 2.40. The molecule has 0 amide bonds. The smallest absolute Gasteiger partial charge is 0.202 e. The average molecular weight is 250 g/mol. The Hall–Kier alpha value is -1.89. The van der Waals surface area contributed by atoms with E-state index in [4.69, 9.17) is 0 Å². The van der Waals surface area contributed by atoms with Crippen LogP contribution in [0.4, 0.5) is 5.69 Å². The third-order valence-corrected chi connectivity index (χ3v) is 4.56. The van der Waals surface area contributed by atoms with Crippen molar-refractivity contribution in [2.45, 2.75) is 25.7 Å². The van der Waals surface area contributed by atoms with E-state index >= 15 is 0 Å². The molecule has 1 aliphatic heterocycles. The van der Waals surface area contributed by atoms with Crippen molar-refractivity contribution in [3.05, 3.63) is 65.7 Å². The molecule has 0 N–H and O–H groups in total. The van der Waals surface area contributed by atoms with Crippen LogP contribution in [0.1, 0.15) is 25.0 Å². The highest BCUT2D eigenvalue weighted by molar-refractivity contribution is 5.94. The predicted molar refractivity (Wildman–Crippen MR) is 80.5 cm³/mol. The highest BCUT2D eigenvalue weighted by atomic mass is 15.0. The van der Waals surface area contributed by atoms with Crippen molar-refractivity contribution in [2.75, 3.05) is 7.05 Å². The zero-order chi connectivity index (χ0) is 13.5. The second kappa shape index (κ2) is 4.34. The fraction of sp³-hybridized carbons (Fsp3) is 0.278. The van der Waals surface area contributed by atoms with Gasteiger partial charge in [-0.1, -0.05) is 48.5 Å². The Kier molecular flexibility index (Phi) is 2.78. The van der Waals surface area contributed by atoms with Crippen molar-refractivity contribution in [1.82, 2.24) is 0 Å². The van der Waals surface area contributed by atoms with E-state index in [0.717, 1.165) is 6.42 Å². The second-order valence-electron chi connectivity index (χ2n) is 5.66. The molecule has 0 bridgehead atoms. The largest absolute Gasteiger partial charge is 0.209 e. The molecule has 96 valence electrons. The van der Waals surface area contributed by atoms with Crippen LogP contribution in [0.25, 0.3) is 0 Å². The van der Waals surface area contributed by atoms with Gasteiger partial charge < -0.3 is 0 Å². The lowest BCUT2D eigenvalue weighted by Gasteiger charge is -2.22. The fourth-order valence-corrected chi connectivity index (χ4v) is 3.21. The van der Waals surface area contributed by atoms with Gasteiger partial charge in [0.05, 0.1) is 5.41 Å². The minimum atomic E-state index is 0.104. The van der Waals surface area contributed by atoms with Crippen LogP contribution in [0, 0.1) is 0 Å². The predicted octanol–water partition coefficient (Wildman–Crippen LogP) is 3.94. The number of hydrogen-bond donors (Lipinski definition) is 0. The van der Waals surface area contributed by atoms with Crippen molar-refractivity contribution in [2.24, 2.45) is 0 Å². The Balaban J connectivity index is 2.09. The standard InChI is InChI=1S/C18H20N/c1-14-18(2,13-15-9-5-4-6-10-15)16-11-7-8-12-17(16)19(14)3/h4-12H,13H2,1-3H3/q+1. The molecule has 0 saturated carbocycles. The average Bonchev–Trinajstić information content (AvgIpc) is 2.63. The van der Waals surface area contributed by atoms with Crippen molar-refractivity contribution in [3.8, 4) is 0 Å². The zero-order valence-corrected chi connectivity index (χ0v) is 11.9. The zero-order valence-electron chi connectivity index (χ0n) is 11.9. The summed E-state index contributed by atoms with van der Waals surface area (Å²) in [5, 5.41) is 0. The quantitative estimate of drug-likeness (QED) is 0.710. The number of rotatable bonds is 2. The summed E-state index contributed by atoms with van der Waals surface area (Å²) in [6.07, 6.45) is 1.06. The molecule has 1 aliphatic rings. The number of benzene rings is 2. The second-order valence-corrected chi connectivity index (χ2v) is 5.66. The molecule has 0 spiro atoms. The van der Waals surface area contributed by atoms with Crippen molar-refractivity contribution >= 4 is 11.4 Å². The first-order chi connectivity index (χ1) is 9.13. The Morgan fingerprint density at radius 1 is 0.947 bits per heavy atom. The molecule has 3 rings (SSSR count).